The van der Waals surface area contributed by atoms with Gasteiger partial charge in [-0.25, -0.2) is 0 Å². The number of hydrogen-bond donors (Lipinski definition) is 0. The Balaban J connectivity index is 2.26. The maximum absolute atomic E-state index is 4.75. The molecule has 0 atom stereocenters. The van der Waals surface area contributed by atoms with Crippen LogP contribution in [0.3, 0.4) is 0 Å². The first-order chi connectivity index (χ1) is 5.93. The second kappa shape index (κ2) is 5.71. The lowest BCUT2D eigenvalue weighted by atomic mass is 9.90. The molecule has 1 fully saturated rings. The van der Waals surface area contributed by atoms with Gasteiger partial charge in [-0.05, 0) is 12.8 Å². The normalized spacial score (nSPS) is 18.8. The van der Waals surface area contributed by atoms with Crippen molar-refractivity contribution in [2.75, 3.05) is 7.11 Å². The van der Waals surface area contributed by atoms with Gasteiger partial charge in [-0.15, -0.1) is 0 Å². The van der Waals surface area contributed by atoms with Gasteiger partial charge in [0.05, 0.1) is 13.4 Å². The first-order valence-corrected chi connectivity index (χ1v) is 4.62. The average molecular weight is 164 g/mol. The highest BCUT2D eigenvalue weighted by Gasteiger charge is 2.09. The summed E-state index contributed by atoms with van der Waals surface area (Å²) >= 11 is 0. The Labute approximate surface area is 74.8 Å². The lowest BCUT2D eigenvalue weighted by molar-refractivity contribution is 0.338. The smallest absolute Gasteiger partial charge is 0.0908 e. The molecule has 0 spiro atoms. The van der Waals surface area contributed by atoms with Crippen LogP contribution in [-0.2, 0) is 4.74 Å². The Kier molecular flexibility index (Phi) is 4.37. The van der Waals surface area contributed by atoms with Gasteiger partial charge in [0, 0.05) is 12.0 Å². The van der Waals surface area contributed by atoms with Crippen molar-refractivity contribution >= 4 is 0 Å². The van der Waals surface area contributed by atoms with Crippen molar-refractivity contribution in [3.63, 3.8) is 0 Å². The highest BCUT2D eigenvalue weighted by atomic mass is 16.5. The molecule has 0 aromatic rings. The van der Waals surface area contributed by atoms with Gasteiger partial charge in [-0.3, -0.25) is 0 Å². The number of ether oxygens (including phenoxy) is 1. The third kappa shape index (κ3) is 3.48. The zero-order valence-electron chi connectivity index (χ0n) is 7.68. The average Bonchev–Trinajstić information content (AvgIpc) is 2.14. The van der Waals surface area contributed by atoms with Crippen LogP contribution in [-0.4, -0.2) is 7.11 Å². The molecule has 0 amide bonds. The Morgan fingerprint density at radius 3 is 2.67 bits per heavy atom. The fourth-order valence-corrected chi connectivity index (χ4v) is 1.51. The molecule has 0 unspecified atom stereocenters. The minimum absolute atomic E-state index is 0.639. The highest BCUT2D eigenvalue weighted by Crippen LogP contribution is 2.22. The molecule has 0 aromatic heterocycles. The molecule has 0 aliphatic heterocycles. The lowest BCUT2D eigenvalue weighted by Gasteiger charge is -2.15. The predicted molar refractivity (Wildman–Crippen MR) is 50.5 cm³/mol. The van der Waals surface area contributed by atoms with Crippen LogP contribution in [0.5, 0.6) is 0 Å². The summed E-state index contributed by atoms with van der Waals surface area (Å²) < 4.78 is 4.75. The van der Waals surface area contributed by atoms with Gasteiger partial charge >= 0.3 is 0 Å². The van der Waals surface area contributed by atoms with Gasteiger partial charge in [0.1, 0.15) is 0 Å². The van der Waals surface area contributed by atoms with E-state index in [1.54, 1.807) is 19.4 Å². The van der Waals surface area contributed by atoms with Gasteiger partial charge < -0.3 is 4.74 Å². The minimum Gasteiger partial charge on any atom is -0.504 e. The monoisotopic (exact) mass is 164 g/mol. The molecule has 1 rings (SSSR count). The Morgan fingerprint density at radius 2 is 2.00 bits per heavy atom. The molecule has 0 bridgehead atoms. The maximum atomic E-state index is 4.75. The van der Waals surface area contributed by atoms with Crippen LogP contribution in [0, 0.1) is 17.8 Å². The van der Waals surface area contributed by atoms with Crippen LogP contribution < -0.4 is 0 Å². The van der Waals surface area contributed by atoms with E-state index in [1.807, 2.05) is 0 Å². The van der Waals surface area contributed by atoms with E-state index in [0.717, 1.165) is 0 Å². The van der Waals surface area contributed by atoms with Crippen LogP contribution >= 0.6 is 0 Å². The first-order valence-electron chi connectivity index (χ1n) is 4.62. The van der Waals surface area contributed by atoms with Crippen LogP contribution in [0.2, 0.25) is 0 Å². The van der Waals surface area contributed by atoms with Crippen LogP contribution in [0.25, 0.3) is 0 Å². The second-order valence-corrected chi connectivity index (χ2v) is 3.16. The van der Waals surface area contributed by atoms with Crippen molar-refractivity contribution in [3.05, 3.63) is 12.3 Å². The summed E-state index contributed by atoms with van der Waals surface area (Å²) in [6.07, 6.45) is 10.1. The fourth-order valence-electron chi connectivity index (χ4n) is 1.51. The predicted octanol–water partition coefficient (Wildman–Crippen LogP) is 2.73. The molecule has 1 heteroatoms. The molecule has 1 aliphatic rings. The third-order valence-electron chi connectivity index (χ3n) is 2.18. The van der Waals surface area contributed by atoms with E-state index < -0.39 is 0 Å². The van der Waals surface area contributed by atoms with Crippen molar-refractivity contribution in [1.82, 2.24) is 0 Å². The zero-order valence-corrected chi connectivity index (χ0v) is 7.68. The molecule has 1 saturated carbocycles. The molecule has 66 valence electrons. The number of rotatable bonds is 1. The molecule has 1 aliphatic carbocycles. The number of allylic oxidation sites excluding steroid dienone is 1. The lowest BCUT2D eigenvalue weighted by Crippen LogP contribution is -2.02. The quantitative estimate of drug-likeness (QED) is 0.427. The van der Waals surface area contributed by atoms with Gasteiger partial charge in [0.25, 0.3) is 0 Å². The van der Waals surface area contributed by atoms with Gasteiger partial charge in [-0.2, -0.15) is 0 Å². The van der Waals surface area contributed by atoms with E-state index in [1.165, 1.54) is 32.1 Å². The summed E-state index contributed by atoms with van der Waals surface area (Å²) in [6, 6.07) is 0. The largest absolute Gasteiger partial charge is 0.504 e. The van der Waals surface area contributed by atoms with E-state index in [2.05, 4.69) is 11.8 Å². The maximum Gasteiger partial charge on any atom is 0.0908 e. The van der Waals surface area contributed by atoms with Gasteiger partial charge in [-0.1, -0.05) is 31.1 Å². The molecule has 0 heterocycles. The summed E-state index contributed by atoms with van der Waals surface area (Å²) in [5.74, 6) is 6.88. The molecular formula is C11H16O. The number of methoxy groups -OCH3 is 1. The van der Waals surface area contributed by atoms with Gasteiger partial charge in [0.2, 0.25) is 0 Å². The highest BCUT2D eigenvalue weighted by molar-refractivity contribution is 5.16. The summed E-state index contributed by atoms with van der Waals surface area (Å²) in [5, 5.41) is 0. The molecule has 0 N–H and O–H groups in total. The van der Waals surface area contributed by atoms with Crippen LogP contribution in [0.4, 0.5) is 0 Å². The molecule has 0 saturated heterocycles. The molecule has 0 radical (unpaired) electrons. The summed E-state index contributed by atoms with van der Waals surface area (Å²) in [6.45, 7) is 0. The van der Waals surface area contributed by atoms with Crippen molar-refractivity contribution in [2.24, 2.45) is 5.92 Å². The topological polar surface area (TPSA) is 9.23 Å². The van der Waals surface area contributed by atoms with E-state index in [-0.39, 0.29) is 0 Å². The van der Waals surface area contributed by atoms with Crippen LogP contribution in [0.1, 0.15) is 32.1 Å². The zero-order chi connectivity index (χ0) is 8.65. The van der Waals surface area contributed by atoms with Crippen LogP contribution in [0.15, 0.2) is 12.3 Å². The van der Waals surface area contributed by atoms with Crippen molar-refractivity contribution in [1.29, 1.82) is 0 Å². The Morgan fingerprint density at radius 1 is 1.25 bits per heavy atom. The SMILES string of the molecule is CO/C=C/C#CC1CCCCC1. The van der Waals surface area contributed by atoms with Crippen molar-refractivity contribution in [2.45, 2.75) is 32.1 Å². The van der Waals surface area contributed by atoms with Crippen molar-refractivity contribution in [3.8, 4) is 11.8 Å². The fraction of sp³-hybridized carbons (Fsp3) is 0.636. The van der Waals surface area contributed by atoms with E-state index >= 15 is 0 Å². The van der Waals surface area contributed by atoms with E-state index in [4.69, 9.17) is 4.74 Å². The molecule has 0 aromatic carbocycles. The molecule has 12 heavy (non-hydrogen) atoms. The summed E-state index contributed by atoms with van der Waals surface area (Å²) in [7, 11) is 1.64. The molecule has 1 nitrogen and oxygen atoms in total. The first kappa shape index (κ1) is 9.19. The Hall–Kier alpha value is -0.900. The standard InChI is InChI=1S/C11H16O/c1-12-10-6-5-9-11-7-3-2-4-8-11/h6,10-11H,2-4,7-8H2,1H3/b10-6+. The van der Waals surface area contributed by atoms with E-state index in [0.29, 0.717) is 5.92 Å². The summed E-state index contributed by atoms with van der Waals surface area (Å²) in [5.41, 5.74) is 0. The molecular weight excluding hydrogens is 148 g/mol. The second-order valence-electron chi connectivity index (χ2n) is 3.16. The minimum atomic E-state index is 0.639. The Bertz CT molecular complexity index is 189. The summed E-state index contributed by atoms with van der Waals surface area (Å²) in [4.78, 5) is 0. The number of hydrogen-bond acceptors (Lipinski definition) is 1. The van der Waals surface area contributed by atoms with Crippen molar-refractivity contribution < 1.29 is 4.74 Å². The van der Waals surface area contributed by atoms with E-state index in [9.17, 15) is 0 Å². The third-order valence-corrected chi connectivity index (χ3v) is 2.18. The van der Waals surface area contributed by atoms with Gasteiger partial charge in [0.15, 0.2) is 0 Å².